The van der Waals surface area contributed by atoms with Crippen LogP contribution in [0.1, 0.15) is 26.5 Å². The fourth-order valence-corrected chi connectivity index (χ4v) is 1.87. The van der Waals surface area contributed by atoms with Crippen LogP contribution in [0, 0.1) is 0 Å². The summed E-state index contributed by atoms with van der Waals surface area (Å²) in [6.07, 6.45) is 0.751. The van der Waals surface area contributed by atoms with Gasteiger partial charge in [0.05, 0.1) is 0 Å². The van der Waals surface area contributed by atoms with Crippen LogP contribution in [0.15, 0.2) is 39.7 Å². The van der Waals surface area contributed by atoms with Gasteiger partial charge in [-0.2, -0.15) is 0 Å². The van der Waals surface area contributed by atoms with Gasteiger partial charge in [-0.05, 0) is 32.9 Å². The Hall–Kier alpha value is -1.97. The van der Waals surface area contributed by atoms with Crippen LogP contribution in [-0.4, -0.2) is 18.0 Å². The standard InChI is InChI=1S/C15H21N3O/c1-15(2,3)18-14(16)17-9-8-12-10-11-6-4-5-7-13(11)19-12/h4-7,10H,8-9H2,1-3H3,(H3,16,17,18). The van der Waals surface area contributed by atoms with Crippen LogP contribution in [0.2, 0.25) is 0 Å². The van der Waals surface area contributed by atoms with Gasteiger partial charge in [0.25, 0.3) is 0 Å². The smallest absolute Gasteiger partial charge is 0.188 e. The van der Waals surface area contributed by atoms with Crippen molar-refractivity contribution in [3.8, 4) is 0 Å². The zero-order chi connectivity index (χ0) is 13.9. The molecule has 0 saturated carbocycles. The molecule has 0 spiro atoms. The van der Waals surface area contributed by atoms with Crippen molar-refractivity contribution < 1.29 is 4.42 Å². The lowest BCUT2D eigenvalue weighted by Gasteiger charge is -2.20. The minimum atomic E-state index is -0.0626. The molecule has 0 atom stereocenters. The summed E-state index contributed by atoms with van der Waals surface area (Å²) >= 11 is 0. The molecule has 4 heteroatoms. The molecule has 0 fully saturated rings. The number of para-hydroxylation sites is 1. The molecule has 3 N–H and O–H groups in total. The first-order chi connectivity index (χ1) is 8.94. The van der Waals surface area contributed by atoms with Gasteiger partial charge in [-0.3, -0.25) is 4.99 Å². The summed E-state index contributed by atoms with van der Waals surface area (Å²) in [5.41, 5.74) is 6.66. The van der Waals surface area contributed by atoms with Crippen molar-refractivity contribution in [3.05, 3.63) is 36.1 Å². The number of fused-ring (bicyclic) bond motifs is 1. The van der Waals surface area contributed by atoms with Crippen molar-refractivity contribution >= 4 is 16.9 Å². The lowest BCUT2D eigenvalue weighted by molar-refractivity contribution is 0.507. The number of nitrogens with two attached hydrogens (primary N) is 1. The van der Waals surface area contributed by atoms with Crippen LogP contribution in [0.5, 0.6) is 0 Å². The highest BCUT2D eigenvalue weighted by Gasteiger charge is 2.09. The van der Waals surface area contributed by atoms with Gasteiger partial charge >= 0.3 is 0 Å². The van der Waals surface area contributed by atoms with E-state index in [1.54, 1.807) is 0 Å². The lowest BCUT2D eigenvalue weighted by Crippen LogP contribution is -2.45. The fraction of sp³-hybridized carbons (Fsp3) is 0.400. The van der Waals surface area contributed by atoms with E-state index in [4.69, 9.17) is 10.2 Å². The summed E-state index contributed by atoms with van der Waals surface area (Å²) in [6, 6.07) is 10.0. The molecule has 0 aliphatic rings. The molecule has 0 aliphatic carbocycles. The minimum absolute atomic E-state index is 0.0626. The maximum absolute atomic E-state index is 5.81. The average molecular weight is 259 g/mol. The number of nitrogens with one attached hydrogen (secondary N) is 1. The maximum Gasteiger partial charge on any atom is 0.188 e. The summed E-state index contributed by atoms with van der Waals surface area (Å²) in [6.45, 7) is 6.77. The Labute approximate surface area is 113 Å². The van der Waals surface area contributed by atoms with Crippen molar-refractivity contribution in [3.63, 3.8) is 0 Å². The Kier molecular flexibility index (Phi) is 3.79. The molecule has 0 amide bonds. The lowest BCUT2D eigenvalue weighted by atomic mass is 10.1. The highest BCUT2D eigenvalue weighted by atomic mass is 16.3. The Morgan fingerprint density at radius 3 is 2.74 bits per heavy atom. The molecule has 2 aromatic rings. The Balaban J connectivity index is 1.93. The molecule has 102 valence electrons. The third-order valence-corrected chi connectivity index (χ3v) is 2.62. The molecule has 19 heavy (non-hydrogen) atoms. The number of aliphatic imine (C=N–C) groups is 1. The van der Waals surface area contributed by atoms with Crippen LogP contribution < -0.4 is 11.1 Å². The van der Waals surface area contributed by atoms with E-state index in [1.807, 2.05) is 24.3 Å². The summed E-state index contributed by atoms with van der Waals surface area (Å²) in [5.74, 6) is 1.41. The normalized spacial score (nSPS) is 12.9. The van der Waals surface area contributed by atoms with Crippen molar-refractivity contribution in [2.24, 2.45) is 10.7 Å². The van der Waals surface area contributed by atoms with Gasteiger partial charge in [-0.1, -0.05) is 18.2 Å². The Morgan fingerprint density at radius 2 is 2.05 bits per heavy atom. The first kappa shape index (κ1) is 13.5. The van der Waals surface area contributed by atoms with Crippen molar-refractivity contribution in [1.29, 1.82) is 0 Å². The molecular weight excluding hydrogens is 238 g/mol. The second kappa shape index (κ2) is 5.34. The molecule has 1 aromatic carbocycles. The Morgan fingerprint density at radius 1 is 1.32 bits per heavy atom. The first-order valence-corrected chi connectivity index (χ1v) is 6.50. The van der Waals surface area contributed by atoms with Gasteiger partial charge in [-0.15, -0.1) is 0 Å². The molecule has 1 aromatic heterocycles. The topological polar surface area (TPSA) is 63.5 Å². The zero-order valence-corrected chi connectivity index (χ0v) is 11.7. The number of rotatable bonds is 3. The van der Waals surface area contributed by atoms with Gasteiger partial charge in [0, 0.05) is 23.9 Å². The van der Waals surface area contributed by atoms with Crippen LogP contribution in [0.4, 0.5) is 0 Å². The first-order valence-electron chi connectivity index (χ1n) is 6.50. The van der Waals surface area contributed by atoms with Crippen molar-refractivity contribution in [2.45, 2.75) is 32.7 Å². The molecule has 0 aliphatic heterocycles. The predicted octanol–water partition coefficient (Wildman–Crippen LogP) is 2.68. The zero-order valence-electron chi connectivity index (χ0n) is 11.7. The van der Waals surface area contributed by atoms with Crippen LogP contribution in [0.25, 0.3) is 11.0 Å². The van der Waals surface area contributed by atoms with E-state index in [2.05, 4.69) is 37.1 Å². The van der Waals surface area contributed by atoms with E-state index >= 15 is 0 Å². The van der Waals surface area contributed by atoms with Crippen LogP contribution in [-0.2, 0) is 6.42 Å². The largest absolute Gasteiger partial charge is 0.461 e. The number of hydrogen-bond acceptors (Lipinski definition) is 2. The summed E-state index contributed by atoms with van der Waals surface area (Å²) < 4.78 is 5.72. The second-order valence-electron chi connectivity index (χ2n) is 5.64. The monoisotopic (exact) mass is 259 g/mol. The van der Waals surface area contributed by atoms with E-state index < -0.39 is 0 Å². The Bertz CT molecular complexity index is 545. The molecule has 2 rings (SSSR count). The number of furan rings is 1. The molecule has 4 nitrogen and oxygen atoms in total. The van der Waals surface area contributed by atoms with Crippen molar-refractivity contribution in [1.82, 2.24) is 5.32 Å². The number of hydrogen-bond donors (Lipinski definition) is 2. The number of guanidine groups is 1. The maximum atomic E-state index is 5.81. The highest BCUT2D eigenvalue weighted by Crippen LogP contribution is 2.18. The molecule has 0 saturated heterocycles. The van der Waals surface area contributed by atoms with Crippen molar-refractivity contribution in [2.75, 3.05) is 6.54 Å². The van der Waals surface area contributed by atoms with E-state index in [9.17, 15) is 0 Å². The molecule has 0 radical (unpaired) electrons. The molecular formula is C15H21N3O. The second-order valence-corrected chi connectivity index (χ2v) is 5.64. The molecule has 0 bridgehead atoms. The number of nitrogens with zero attached hydrogens (tertiary/aromatic N) is 1. The minimum Gasteiger partial charge on any atom is -0.461 e. The van der Waals surface area contributed by atoms with Gasteiger partial charge in [-0.25, -0.2) is 0 Å². The van der Waals surface area contributed by atoms with E-state index in [1.165, 1.54) is 0 Å². The summed E-state index contributed by atoms with van der Waals surface area (Å²) in [7, 11) is 0. The third kappa shape index (κ3) is 4.02. The quantitative estimate of drug-likeness (QED) is 0.658. The summed E-state index contributed by atoms with van der Waals surface area (Å²) in [5, 5.41) is 4.26. The fourth-order valence-electron chi connectivity index (χ4n) is 1.87. The van der Waals surface area contributed by atoms with Gasteiger partial charge in [0.2, 0.25) is 0 Å². The number of benzene rings is 1. The van der Waals surface area contributed by atoms with E-state index in [0.29, 0.717) is 12.5 Å². The SMILES string of the molecule is CC(C)(C)NC(N)=NCCc1cc2ccccc2o1. The third-order valence-electron chi connectivity index (χ3n) is 2.62. The highest BCUT2D eigenvalue weighted by molar-refractivity contribution is 5.79. The van der Waals surface area contributed by atoms with Crippen LogP contribution >= 0.6 is 0 Å². The van der Waals surface area contributed by atoms with Gasteiger partial charge < -0.3 is 15.5 Å². The van der Waals surface area contributed by atoms with E-state index in [-0.39, 0.29) is 5.54 Å². The van der Waals surface area contributed by atoms with Gasteiger partial charge in [0.1, 0.15) is 11.3 Å². The molecule has 1 heterocycles. The van der Waals surface area contributed by atoms with E-state index in [0.717, 1.165) is 23.2 Å². The van der Waals surface area contributed by atoms with Crippen LogP contribution in [0.3, 0.4) is 0 Å². The molecule has 0 unspecified atom stereocenters. The van der Waals surface area contributed by atoms with Gasteiger partial charge in [0.15, 0.2) is 5.96 Å². The average Bonchev–Trinajstić information content (AvgIpc) is 2.68. The predicted molar refractivity (Wildman–Crippen MR) is 79.3 cm³/mol. The summed E-state index contributed by atoms with van der Waals surface area (Å²) in [4.78, 5) is 4.30.